The summed E-state index contributed by atoms with van der Waals surface area (Å²) in [5, 5.41) is 0. The molecular formula is C14H20. The predicted octanol–water partition coefficient (Wildman–Crippen LogP) is 4.54. The highest BCUT2D eigenvalue weighted by Crippen LogP contribution is 2.28. The van der Waals surface area contributed by atoms with Crippen LogP contribution in [-0.2, 0) is 0 Å². The minimum atomic E-state index is 0.774. The summed E-state index contributed by atoms with van der Waals surface area (Å²) in [5.41, 5.74) is 1.50. The quantitative estimate of drug-likeness (QED) is 0.568. The summed E-state index contributed by atoms with van der Waals surface area (Å²) in [4.78, 5) is 0. The van der Waals surface area contributed by atoms with Crippen LogP contribution < -0.4 is 0 Å². The zero-order valence-electron chi connectivity index (χ0n) is 9.24. The van der Waals surface area contributed by atoms with Crippen LogP contribution in [-0.4, -0.2) is 0 Å². The molecule has 0 saturated heterocycles. The lowest BCUT2D eigenvalue weighted by Gasteiger charge is -2.17. The predicted molar refractivity (Wildman–Crippen MR) is 63.5 cm³/mol. The molecule has 0 aliphatic heterocycles. The second-order valence-electron chi connectivity index (χ2n) is 3.39. The molecule has 0 nitrogen and oxygen atoms in total. The van der Waals surface area contributed by atoms with Crippen LogP contribution in [0, 0.1) is 0 Å². The van der Waals surface area contributed by atoms with Crippen LogP contribution in [0.15, 0.2) is 42.5 Å². The molecule has 1 aromatic rings. The van der Waals surface area contributed by atoms with Crippen LogP contribution in [0.1, 0.15) is 44.6 Å². The van der Waals surface area contributed by atoms with E-state index < -0.39 is 0 Å². The molecule has 0 N–H and O–H groups in total. The normalized spacial score (nSPS) is 19.7. The van der Waals surface area contributed by atoms with Gasteiger partial charge in [-0.1, -0.05) is 56.3 Å². The van der Waals surface area contributed by atoms with Gasteiger partial charge in [-0.3, -0.25) is 0 Å². The molecule has 0 amide bonds. The molecule has 1 unspecified atom stereocenters. The lowest BCUT2D eigenvalue weighted by Crippen LogP contribution is -1.99. The van der Waals surface area contributed by atoms with E-state index in [0.29, 0.717) is 0 Å². The van der Waals surface area contributed by atoms with Crippen molar-refractivity contribution >= 4 is 0 Å². The fraction of sp³-hybridized carbons (Fsp3) is 0.429. The summed E-state index contributed by atoms with van der Waals surface area (Å²) in [6.45, 7) is 4.00. The molecule has 0 heteroatoms. The van der Waals surface area contributed by atoms with E-state index in [-0.39, 0.29) is 0 Å². The Hall–Kier alpha value is -1.04. The van der Waals surface area contributed by atoms with Gasteiger partial charge in [0.15, 0.2) is 0 Å². The molecule has 1 atom stereocenters. The topological polar surface area (TPSA) is 0 Å². The van der Waals surface area contributed by atoms with Crippen molar-refractivity contribution in [1.82, 2.24) is 0 Å². The standard InChI is InChI=1S/C12H14.C2H6/c1-3-7-11(8-4-1)12-9-5-2-6-10-12;1-2/h1-5,7-8,12H,6,9-10H2;1-2H3. The first-order valence-corrected chi connectivity index (χ1v) is 5.67. The molecule has 0 fully saturated rings. The highest BCUT2D eigenvalue weighted by molar-refractivity contribution is 5.21. The molecular weight excluding hydrogens is 168 g/mol. The molecule has 0 saturated carbocycles. The first-order chi connectivity index (χ1) is 6.97. The average Bonchev–Trinajstić information content (AvgIpc) is 2.34. The number of allylic oxidation sites excluding steroid dienone is 2. The van der Waals surface area contributed by atoms with Crippen molar-refractivity contribution in [2.45, 2.75) is 39.0 Å². The highest BCUT2D eigenvalue weighted by atomic mass is 14.2. The minimum absolute atomic E-state index is 0.774. The average molecular weight is 188 g/mol. The van der Waals surface area contributed by atoms with Crippen LogP contribution in [0.5, 0.6) is 0 Å². The lowest BCUT2D eigenvalue weighted by molar-refractivity contribution is 0.617. The summed E-state index contributed by atoms with van der Waals surface area (Å²) < 4.78 is 0. The van der Waals surface area contributed by atoms with E-state index in [4.69, 9.17) is 0 Å². The Bertz CT molecular complexity index is 259. The number of benzene rings is 1. The van der Waals surface area contributed by atoms with Crippen molar-refractivity contribution in [3.05, 3.63) is 48.0 Å². The van der Waals surface area contributed by atoms with Crippen LogP contribution in [0.25, 0.3) is 0 Å². The smallest absolute Gasteiger partial charge is 0.0124 e. The molecule has 1 aromatic carbocycles. The van der Waals surface area contributed by atoms with E-state index in [2.05, 4.69) is 42.5 Å². The molecule has 0 radical (unpaired) electrons. The zero-order valence-corrected chi connectivity index (χ0v) is 9.24. The molecule has 14 heavy (non-hydrogen) atoms. The Morgan fingerprint density at radius 1 is 1.00 bits per heavy atom. The zero-order chi connectivity index (χ0) is 10.2. The first kappa shape index (κ1) is 11.0. The van der Waals surface area contributed by atoms with Gasteiger partial charge >= 0.3 is 0 Å². The highest BCUT2D eigenvalue weighted by Gasteiger charge is 2.10. The summed E-state index contributed by atoms with van der Waals surface area (Å²) in [6.07, 6.45) is 8.39. The third-order valence-corrected chi connectivity index (χ3v) is 2.54. The van der Waals surface area contributed by atoms with Gasteiger partial charge in [0.2, 0.25) is 0 Å². The maximum Gasteiger partial charge on any atom is -0.0124 e. The van der Waals surface area contributed by atoms with Gasteiger partial charge in [0.25, 0.3) is 0 Å². The third-order valence-electron chi connectivity index (χ3n) is 2.54. The molecule has 0 spiro atoms. The second-order valence-corrected chi connectivity index (χ2v) is 3.39. The summed E-state index contributed by atoms with van der Waals surface area (Å²) >= 11 is 0. The fourth-order valence-electron chi connectivity index (χ4n) is 1.82. The maximum atomic E-state index is 2.31. The van der Waals surface area contributed by atoms with Gasteiger partial charge in [0.1, 0.15) is 0 Å². The Labute approximate surface area is 87.7 Å². The Kier molecular flexibility index (Phi) is 5.06. The van der Waals surface area contributed by atoms with Gasteiger partial charge in [-0.15, -0.1) is 0 Å². The molecule has 76 valence electrons. The van der Waals surface area contributed by atoms with Gasteiger partial charge < -0.3 is 0 Å². The van der Waals surface area contributed by atoms with Gasteiger partial charge in [0.05, 0.1) is 0 Å². The van der Waals surface area contributed by atoms with Gasteiger partial charge in [0, 0.05) is 0 Å². The van der Waals surface area contributed by atoms with E-state index in [1.54, 1.807) is 0 Å². The van der Waals surface area contributed by atoms with E-state index in [0.717, 1.165) is 5.92 Å². The SMILES string of the molecule is C1=CCC(c2ccccc2)CC1.CC. The largest absolute Gasteiger partial charge is 0.0885 e. The molecule has 0 aromatic heterocycles. The van der Waals surface area contributed by atoms with Crippen molar-refractivity contribution < 1.29 is 0 Å². The Morgan fingerprint density at radius 3 is 2.29 bits per heavy atom. The second kappa shape index (κ2) is 6.42. The van der Waals surface area contributed by atoms with E-state index in [1.807, 2.05) is 13.8 Å². The Balaban J connectivity index is 0.000000461. The lowest BCUT2D eigenvalue weighted by atomic mass is 9.88. The number of hydrogen-bond acceptors (Lipinski definition) is 0. The monoisotopic (exact) mass is 188 g/mol. The first-order valence-electron chi connectivity index (χ1n) is 5.67. The molecule has 0 heterocycles. The van der Waals surface area contributed by atoms with E-state index in [1.165, 1.54) is 24.8 Å². The van der Waals surface area contributed by atoms with Crippen molar-refractivity contribution in [2.24, 2.45) is 0 Å². The van der Waals surface area contributed by atoms with Crippen molar-refractivity contribution in [2.75, 3.05) is 0 Å². The third kappa shape index (κ3) is 3.02. The van der Waals surface area contributed by atoms with Crippen LogP contribution in [0.2, 0.25) is 0 Å². The van der Waals surface area contributed by atoms with Crippen LogP contribution in [0.3, 0.4) is 0 Å². The summed E-state index contributed by atoms with van der Waals surface area (Å²) in [6, 6.07) is 10.8. The van der Waals surface area contributed by atoms with Crippen LogP contribution in [0.4, 0.5) is 0 Å². The molecule has 2 rings (SSSR count). The van der Waals surface area contributed by atoms with E-state index in [9.17, 15) is 0 Å². The summed E-state index contributed by atoms with van der Waals surface area (Å²) in [7, 11) is 0. The Morgan fingerprint density at radius 2 is 1.71 bits per heavy atom. The van der Waals surface area contributed by atoms with Crippen LogP contribution >= 0.6 is 0 Å². The van der Waals surface area contributed by atoms with Crippen molar-refractivity contribution in [3.63, 3.8) is 0 Å². The fourth-order valence-corrected chi connectivity index (χ4v) is 1.82. The van der Waals surface area contributed by atoms with E-state index >= 15 is 0 Å². The van der Waals surface area contributed by atoms with Gasteiger partial charge in [-0.05, 0) is 30.7 Å². The van der Waals surface area contributed by atoms with Gasteiger partial charge in [-0.2, -0.15) is 0 Å². The molecule has 0 bridgehead atoms. The molecule has 1 aliphatic rings. The maximum absolute atomic E-state index is 2.31. The van der Waals surface area contributed by atoms with Crippen molar-refractivity contribution in [1.29, 1.82) is 0 Å². The van der Waals surface area contributed by atoms with Gasteiger partial charge in [-0.25, -0.2) is 0 Å². The summed E-state index contributed by atoms with van der Waals surface area (Å²) in [5.74, 6) is 0.774. The number of rotatable bonds is 1. The minimum Gasteiger partial charge on any atom is -0.0885 e. The number of hydrogen-bond donors (Lipinski definition) is 0. The van der Waals surface area contributed by atoms with Crippen molar-refractivity contribution in [3.8, 4) is 0 Å². The molecule has 1 aliphatic carbocycles.